The van der Waals surface area contributed by atoms with Crippen LogP contribution in [0.25, 0.3) is 0 Å². The van der Waals surface area contributed by atoms with Crippen molar-refractivity contribution in [3.05, 3.63) is 62.5 Å². The van der Waals surface area contributed by atoms with Gasteiger partial charge in [-0.05, 0) is 43.0 Å². The van der Waals surface area contributed by atoms with E-state index < -0.39 is 0 Å². The topological polar surface area (TPSA) is 64.0 Å². The summed E-state index contributed by atoms with van der Waals surface area (Å²) >= 11 is 3.43. The first kappa shape index (κ1) is 16.9. The smallest absolute Gasteiger partial charge is 0.272 e. The Morgan fingerprint density at radius 1 is 1.25 bits per heavy atom. The molecule has 126 valence electrons. The number of carbonyl (C=O) groups is 1. The number of aryl methyl sites for hydroxylation is 1. The molecule has 24 heavy (non-hydrogen) atoms. The zero-order valence-corrected chi connectivity index (χ0v) is 15.2. The highest BCUT2D eigenvalue weighted by Gasteiger charge is 2.45. The van der Waals surface area contributed by atoms with Crippen LogP contribution in [-0.4, -0.2) is 15.7 Å². The molecule has 1 aromatic carbocycles. The van der Waals surface area contributed by atoms with Gasteiger partial charge in [0, 0.05) is 17.1 Å². The first-order valence-electron chi connectivity index (χ1n) is 8.21. The summed E-state index contributed by atoms with van der Waals surface area (Å²) in [5.41, 5.74) is 0.908. The molecule has 0 saturated heterocycles. The molecule has 0 unspecified atom stereocenters. The predicted octanol–water partition coefficient (Wildman–Crippen LogP) is 3.23. The maximum Gasteiger partial charge on any atom is 0.272 e. The van der Waals surface area contributed by atoms with E-state index in [9.17, 15) is 9.59 Å². The zero-order valence-electron chi connectivity index (χ0n) is 13.6. The minimum Gasteiger partial charge on any atom is -0.341 e. The number of aromatic nitrogens is 2. The van der Waals surface area contributed by atoms with E-state index in [1.54, 1.807) is 0 Å². The van der Waals surface area contributed by atoms with Crippen LogP contribution in [0.4, 0.5) is 0 Å². The van der Waals surface area contributed by atoms with E-state index >= 15 is 0 Å². The molecular weight excluding hydrogens is 370 g/mol. The molecule has 0 bridgehead atoms. The quantitative estimate of drug-likeness (QED) is 0.824. The van der Waals surface area contributed by atoms with Crippen molar-refractivity contribution in [1.82, 2.24) is 15.1 Å². The first-order chi connectivity index (χ1) is 11.5. The van der Waals surface area contributed by atoms with Crippen molar-refractivity contribution < 1.29 is 4.79 Å². The molecule has 1 aliphatic carbocycles. The van der Waals surface area contributed by atoms with Crippen LogP contribution in [-0.2, 0) is 12.1 Å². The zero-order chi connectivity index (χ0) is 17.2. The van der Waals surface area contributed by atoms with Crippen LogP contribution >= 0.6 is 15.9 Å². The molecule has 5 nitrogen and oxygen atoms in total. The van der Waals surface area contributed by atoms with Crippen LogP contribution in [0.15, 0.2) is 45.7 Å². The van der Waals surface area contributed by atoms with Crippen LogP contribution in [0.5, 0.6) is 0 Å². The Morgan fingerprint density at radius 2 is 1.96 bits per heavy atom. The van der Waals surface area contributed by atoms with Crippen LogP contribution < -0.4 is 10.9 Å². The second-order valence-electron chi connectivity index (χ2n) is 6.18. The average Bonchev–Trinajstić information content (AvgIpc) is 3.35. The van der Waals surface area contributed by atoms with Gasteiger partial charge in [0.05, 0.1) is 5.54 Å². The Bertz CT molecular complexity index is 795. The van der Waals surface area contributed by atoms with E-state index in [0.717, 1.165) is 35.7 Å². The number of benzene rings is 1. The fourth-order valence-electron chi connectivity index (χ4n) is 2.70. The van der Waals surface area contributed by atoms with Gasteiger partial charge in [0.25, 0.3) is 11.5 Å². The third-order valence-electron chi connectivity index (χ3n) is 4.32. The van der Waals surface area contributed by atoms with Crippen LogP contribution in [0.2, 0.25) is 0 Å². The minimum absolute atomic E-state index is 0.172. The number of rotatable bonds is 6. The lowest BCUT2D eigenvalue weighted by atomic mass is 10.0. The van der Waals surface area contributed by atoms with E-state index in [2.05, 4.69) is 33.3 Å². The van der Waals surface area contributed by atoms with Gasteiger partial charge in [-0.15, -0.1) is 0 Å². The number of hydrogen-bond donors (Lipinski definition) is 1. The van der Waals surface area contributed by atoms with Crippen molar-refractivity contribution in [2.75, 3.05) is 0 Å². The number of nitrogens with zero attached hydrogens (tertiary/aromatic N) is 2. The van der Waals surface area contributed by atoms with Gasteiger partial charge in [-0.2, -0.15) is 5.10 Å². The van der Waals surface area contributed by atoms with E-state index in [4.69, 9.17) is 0 Å². The van der Waals surface area contributed by atoms with E-state index in [1.165, 1.54) is 16.8 Å². The first-order valence-corrected chi connectivity index (χ1v) is 9.00. The average molecular weight is 390 g/mol. The molecule has 1 N–H and O–H groups in total. The summed E-state index contributed by atoms with van der Waals surface area (Å²) in [6, 6.07) is 10.9. The maximum atomic E-state index is 12.6. The summed E-state index contributed by atoms with van der Waals surface area (Å²) in [5.74, 6) is -0.235. The second-order valence-corrected chi connectivity index (χ2v) is 7.09. The lowest BCUT2D eigenvalue weighted by Crippen LogP contribution is -2.36. The highest BCUT2D eigenvalue weighted by atomic mass is 79.9. The third-order valence-corrected chi connectivity index (χ3v) is 4.85. The number of nitrogens with one attached hydrogen (secondary N) is 1. The lowest BCUT2D eigenvalue weighted by molar-refractivity contribution is 0.0923. The predicted molar refractivity (Wildman–Crippen MR) is 95.9 cm³/mol. The summed E-state index contributed by atoms with van der Waals surface area (Å²) < 4.78 is 2.38. The van der Waals surface area contributed by atoms with Gasteiger partial charge in [0.2, 0.25) is 0 Å². The van der Waals surface area contributed by atoms with Crippen molar-refractivity contribution >= 4 is 21.8 Å². The van der Waals surface area contributed by atoms with Crippen molar-refractivity contribution in [3.63, 3.8) is 0 Å². The Labute approximate surface area is 149 Å². The molecule has 1 fully saturated rings. The van der Waals surface area contributed by atoms with Gasteiger partial charge < -0.3 is 5.32 Å². The van der Waals surface area contributed by atoms with Crippen LogP contribution in [0.3, 0.4) is 0 Å². The molecule has 0 aliphatic heterocycles. The van der Waals surface area contributed by atoms with Gasteiger partial charge >= 0.3 is 0 Å². The molecule has 6 heteroatoms. The highest BCUT2D eigenvalue weighted by Crippen LogP contribution is 2.45. The molecule has 0 spiro atoms. The number of hydrogen-bond acceptors (Lipinski definition) is 3. The molecule has 1 aliphatic rings. The van der Waals surface area contributed by atoms with Gasteiger partial charge in [-0.1, -0.05) is 41.4 Å². The monoisotopic (exact) mass is 389 g/mol. The molecule has 0 radical (unpaired) electrons. The van der Waals surface area contributed by atoms with Crippen LogP contribution in [0.1, 0.15) is 48.7 Å². The minimum atomic E-state index is -0.302. The Hall–Kier alpha value is -1.95. The molecule has 2 aromatic rings. The number of halogens is 1. The molecular formula is C18H20BrN3O2. The Kier molecular flexibility index (Phi) is 4.85. The summed E-state index contributed by atoms with van der Waals surface area (Å²) in [7, 11) is 0. The fourth-order valence-corrected chi connectivity index (χ4v) is 2.96. The van der Waals surface area contributed by atoms with Crippen molar-refractivity contribution in [2.24, 2.45) is 0 Å². The SMILES string of the molecule is CCCCn1nc(C(=O)NC2(c3ccc(Br)cc3)CC2)ccc1=O. The van der Waals surface area contributed by atoms with E-state index in [-0.39, 0.29) is 22.7 Å². The third kappa shape index (κ3) is 3.59. The summed E-state index contributed by atoms with van der Waals surface area (Å²) in [6.07, 6.45) is 3.66. The Balaban J connectivity index is 1.77. The normalized spacial score (nSPS) is 15.1. The van der Waals surface area contributed by atoms with Crippen LogP contribution in [0, 0.1) is 0 Å². The van der Waals surface area contributed by atoms with Crippen molar-refractivity contribution in [3.8, 4) is 0 Å². The molecule has 1 aromatic heterocycles. The molecule has 0 atom stereocenters. The van der Waals surface area contributed by atoms with Crippen molar-refractivity contribution in [1.29, 1.82) is 0 Å². The number of unbranched alkanes of at least 4 members (excludes halogenated alkanes) is 1. The number of amides is 1. The summed E-state index contributed by atoms with van der Waals surface area (Å²) in [6.45, 7) is 2.59. The Morgan fingerprint density at radius 3 is 2.58 bits per heavy atom. The molecule has 1 saturated carbocycles. The molecule has 1 amide bonds. The fraction of sp³-hybridized carbons (Fsp3) is 0.389. The lowest BCUT2D eigenvalue weighted by Gasteiger charge is -2.18. The highest BCUT2D eigenvalue weighted by molar-refractivity contribution is 9.10. The standard InChI is InChI=1S/C18H20BrN3O2/c1-2-3-12-22-16(23)9-8-15(21-22)17(24)20-18(10-11-18)13-4-6-14(19)7-5-13/h4-9H,2-3,10-12H2,1H3,(H,20,24). The molecule has 3 rings (SSSR count). The van der Waals surface area contributed by atoms with Gasteiger partial charge in [0.1, 0.15) is 5.69 Å². The van der Waals surface area contributed by atoms with Crippen molar-refractivity contribution in [2.45, 2.75) is 44.7 Å². The second kappa shape index (κ2) is 6.89. The van der Waals surface area contributed by atoms with E-state index in [1.807, 2.05) is 24.3 Å². The summed E-state index contributed by atoms with van der Waals surface area (Å²) in [4.78, 5) is 24.4. The molecule has 1 heterocycles. The maximum absolute atomic E-state index is 12.6. The number of carbonyl (C=O) groups excluding carboxylic acids is 1. The van der Waals surface area contributed by atoms with E-state index in [0.29, 0.717) is 6.54 Å². The van der Waals surface area contributed by atoms with Gasteiger partial charge in [0.15, 0.2) is 0 Å². The van der Waals surface area contributed by atoms with Gasteiger partial charge in [-0.3, -0.25) is 9.59 Å². The largest absolute Gasteiger partial charge is 0.341 e. The summed E-state index contributed by atoms with van der Waals surface area (Å²) in [5, 5.41) is 7.30. The van der Waals surface area contributed by atoms with Gasteiger partial charge in [-0.25, -0.2) is 4.68 Å².